The Hall–Kier alpha value is -3.94. The minimum absolute atomic E-state index is 0.201. The van der Waals surface area contributed by atoms with Crippen LogP contribution in [-0.2, 0) is 11.8 Å². The Morgan fingerprint density at radius 2 is 1.76 bits per heavy atom. The summed E-state index contributed by atoms with van der Waals surface area (Å²) in [5.74, 6) is -0.207. The van der Waals surface area contributed by atoms with Gasteiger partial charge in [0.05, 0.1) is 6.61 Å². The highest BCUT2D eigenvalue weighted by atomic mass is 16.5. The molecule has 2 amide bonds. The first kappa shape index (κ1) is 19.8. The molecule has 2 N–H and O–H groups in total. The lowest BCUT2D eigenvalue weighted by atomic mass is 10.1. The van der Waals surface area contributed by atoms with Crippen molar-refractivity contribution in [3.63, 3.8) is 0 Å². The minimum atomic E-state index is -0.585. The van der Waals surface area contributed by atoms with Crippen LogP contribution in [0.4, 0.5) is 16.2 Å². The number of amides is 2. The average molecular weight is 392 g/mol. The summed E-state index contributed by atoms with van der Waals surface area (Å²) in [4.78, 5) is 40.5. The van der Waals surface area contributed by atoms with Crippen molar-refractivity contribution in [1.29, 1.82) is 0 Å². The van der Waals surface area contributed by atoms with Gasteiger partial charge < -0.3 is 14.6 Å². The van der Waals surface area contributed by atoms with Crippen LogP contribution >= 0.6 is 0 Å². The molecule has 0 saturated heterocycles. The molecule has 148 valence electrons. The van der Waals surface area contributed by atoms with Crippen molar-refractivity contribution in [2.75, 3.05) is 17.2 Å². The number of nitrogens with one attached hydrogen (secondary N) is 2. The minimum Gasteiger partial charge on any atom is -0.450 e. The van der Waals surface area contributed by atoms with E-state index < -0.39 is 6.09 Å². The van der Waals surface area contributed by atoms with Gasteiger partial charge in [0.2, 0.25) is 5.78 Å². The lowest BCUT2D eigenvalue weighted by Crippen LogP contribution is -2.15. The number of nitrogens with zero attached hydrogens (tertiary/aromatic N) is 2. The average Bonchev–Trinajstić information content (AvgIpc) is 3.14. The topological polar surface area (TPSA) is 102 Å². The summed E-state index contributed by atoms with van der Waals surface area (Å²) >= 11 is 0. The zero-order chi connectivity index (χ0) is 20.8. The molecule has 8 heteroatoms. The van der Waals surface area contributed by atoms with Crippen LogP contribution in [0.5, 0.6) is 0 Å². The summed E-state index contributed by atoms with van der Waals surface area (Å²) in [6.45, 7) is 1.96. The zero-order valence-electron chi connectivity index (χ0n) is 16.0. The normalized spacial score (nSPS) is 10.3. The summed E-state index contributed by atoms with van der Waals surface area (Å²) in [6, 6.07) is 13.0. The Balaban J connectivity index is 1.67. The van der Waals surface area contributed by atoms with Crippen LogP contribution in [0.3, 0.4) is 0 Å². The highest BCUT2D eigenvalue weighted by Gasteiger charge is 2.14. The summed E-state index contributed by atoms with van der Waals surface area (Å²) in [5.41, 5.74) is 1.83. The third-order valence-corrected chi connectivity index (χ3v) is 4.08. The van der Waals surface area contributed by atoms with Gasteiger partial charge in [-0.3, -0.25) is 14.9 Å². The molecule has 0 atom stereocenters. The number of benzene rings is 2. The number of ether oxygens (including phenoxy) is 1. The van der Waals surface area contributed by atoms with E-state index in [1.165, 1.54) is 0 Å². The monoisotopic (exact) mass is 392 g/mol. The molecule has 0 spiro atoms. The van der Waals surface area contributed by atoms with E-state index in [-0.39, 0.29) is 18.3 Å². The van der Waals surface area contributed by atoms with E-state index in [1.54, 1.807) is 79.5 Å². The number of anilines is 2. The maximum atomic E-state index is 12.5. The van der Waals surface area contributed by atoms with Gasteiger partial charge in [-0.15, -0.1) is 0 Å². The molecule has 1 heterocycles. The van der Waals surface area contributed by atoms with Crippen molar-refractivity contribution in [3.8, 4) is 0 Å². The highest BCUT2D eigenvalue weighted by Crippen LogP contribution is 2.16. The van der Waals surface area contributed by atoms with Crippen LogP contribution in [0.1, 0.15) is 33.5 Å². The van der Waals surface area contributed by atoms with E-state index in [4.69, 9.17) is 4.74 Å². The molecule has 3 aromatic rings. The van der Waals surface area contributed by atoms with Crippen molar-refractivity contribution in [2.45, 2.75) is 6.92 Å². The first-order valence-corrected chi connectivity index (χ1v) is 8.95. The molecule has 2 aromatic carbocycles. The highest BCUT2D eigenvalue weighted by molar-refractivity contribution is 6.08. The molecule has 29 heavy (non-hydrogen) atoms. The van der Waals surface area contributed by atoms with Crippen LogP contribution in [0, 0.1) is 0 Å². The SMILES string of the molecule is CCOC(=O)Nc1cccc(C(=O)Nc2ccc(C(=O)c3nccn3C)cc2)c1. The van der Waals surface area contributed by atoms with E-state index in [2.05, 4.69) is 15.6 Å². The Morgan fingerprint density at radius 3 is 2.41 bits per heavy atom. The van der Waals surface area contributed by atoms with Gasteiger partial charge >= 0.3 is 6.09 Å². The fourth-order valence-corrected chi connectivity index (χ4v) is 2.64. The van der Waals surface area contributed by atoms with E-state index in [9.17, 15) is 14.4 Å². The quantitative estimate of drug-likeness (QED) is 0.626. The fourth-order valence-electron chi connectivity index (χ4n) is 2.64. The van der Waals surface area contributed by atoms with Gasteiger partial charge in [-0.25, -0.2) is 9.78 Å². The van der Waals surface area contributed by atoms with E-state index >= 15 is 0 Å². The fraction of sp³-hybridized carbons (Fsp3) is 0.143. The molecular formula is C21H20N4O4. The second kappa shape index (κ2) is 8.83. The number of ketones is 1. The number of carbonyl (C=O) groups is 3. The van der Waals surface area contributed by atoms with Crippen LogP contribution in [0.15, 0.2) is 60.9 Å². The van der Waals surface area contributed by atoms with Crippen molar-refractivity contribution in [3.05, 3.63) is 77.9 Å². The van der Waals surface area contributed by atoms with Gasteiger partial charge in [-0.1, -0.05) is 6.07 Å². The molecule has 1 aromatic heterocycles. The number of hydrogen-bond donors (Lipinski definition) is 2. The number of aryl methyl sites for hydroxylation is 1. The number of carbonyl (C=O) groups excluding carboxylic acids is 3. The standard InChI is InChI=1S/C21H20N4O4/c1-3-29-21(28)24-17-6-4-5-15(13-17)20(27)23-16-9-7-14(8-10-16)18(26)19-22-11-12-25(19)2/h4-13H,3H2,1-2H3,(H,23,27)(H,24,28). The van der Waals surface area contributed by atoms with E-state index in [1.807, 2.05) is 0 Å². The second-order valence-corrected chi connectivity index (χ2v) is 6.15. The molecule has 0 fully saturated rings. The number of rotatable bonds is 6. The third kappa shape index (κ3) is 4.86. The molecule has 0 bridgehead atoms. The van der Waals surface area contributed by atoms with E-state index in [0.29, 0.717) is 28.3 Å². The predicted molar refractivity (Wildman–Crippen MR) is 108 cm³/mol. The van der Waals surface area contributed by atoms with Crippen LogP contribution in [0.2, 0.25) is 0 Å². The van der Waals surface area contributed by atoms with Gasteiger partial charge in [-0.2, -0.15) is 0 Å². The summed E-state index contributed by atoms with van der Waals surface area (Å²) in [7, 11) is 1.75. The Morgan fingerprint density at radius 1 is 1.00 bits per heavy atom. The second-order valence-electron chi connectivity index (χ2n) is 6.15. The number of hydrogen-bond acceptors (Lipinski definition) is 5. The van der Waals surface area contributed by atoms with E-state index in [0.717, 1.165) is 0 Å². The zero-order valence-corrected chi connectivity index (χ0v) is 16.0. The predicted octanol–water partition coefficient (Wildman–Crippen LogP) is 3.47. The summed E-state index contributed by atoms with van der Waals surface area (Å²) < 4.78 is 6.47. The molecule has 0 radical (unpaired) electrons. The van der Waals surface area contributed by atoms with Crippen LogP contribution in [0.25, 0.3) is 0 Å². The van der Waals surface area contributed by atoms with Gasteiger partial charge in [0.25, 0.3) is 5.91 Å². The van der Waals surface area contributed by atoms with Gasteiger partial charge in [0, 0.05) is 41.9 Å². The molecular weight excluding hydrogens is 372 g/mol. The number of imidazole rings is 1. The lowest BCUT2D eigenvalue weighted by molar-refractivity contribution is 0.102. The molecule has 0 aliphatic heterocycles. The molecule has 0 unspecified atom stereocenters. The maximum Gasteiger partial charge on any atom is 0.411 e. The van der Waals surface area contributed by atoms with Crippen molar-refractivity contribution in [1.82, 2.24) is 9.55 Å². The van der Waals surface area contributed by atoms with Crippen molar-refractivity contribution >= 4 is 29.2 Å². The first-order valence-electron chi connectivity index (χ1n) is 8.95. The van der Waals surface area contributed by atoms with Crippen LogP contribution < -0.4 is 10.6 Å². The summed E-state index contributed by atoms with van der Waals surface area (Å²) in [6.07, 6.45) is 2.68. The first-order chi connectivity index (χ1) is 14.0. The maximum absolute atomic E-state index is 12.5. The third-order valence-electron chi connectivity index (χ3n) is 4.08. The molecule has 3 rings (SSSR count). The Bertz CT molecular complexity index is 1040. The molecule has 8 nitrogen and oxygen atoms in total. The Kier molecular flexibility index (Phi) is 6.03. The van der Waals surface area contributed by atoms with Gasteiger partial charge in [-0.05, 0) is 49.4 Å². The van der Waals surface area contributed by atoms with Crippen LogP contribution in [-0.4, -0.2) is 33.9 Å². The largest absolute Gasteiger partial charge is 0.450 e. The number of aromatic nitrogens is 2. The smallest absolute Gasteiger partial charge is 0.411 e. The molecule has 0 aliphatic carbocycles. The van der Waals surface area contributed by atoms with Crippen molar-refractivity contribution in [2.24, 2.45) is 7.05 Å². The van der Waals surface area contributed by atoms with Gasteiger partial charge in [0.1, 0.15) is 0 Å². The molecule has 0 saturated carbocycles. The Labute approximate surface area is 167 Å². The van der Waals surface area contributed by atoms with Gasteiger partial charge in [0.15, 0.2) is 5.82 Å². The molecule has 0 aliphatic rings. The van der Waals surface area contributed by atoms with Crippen molar-refractivity contribution < 1.29 is 19.1 Å². The lowest BCUT2D eigenvalue weighted by Gasteiger charge is -2.09. The summed E-state index contributed by atoms with van der Waals surface area (Å²) in [5, 5.41) is 5.31.